The summed E-state index contributed by atoms with van der Waals surface area (Å²) in [6.07, 6.45) is 6.22. The lowest BCUT2D eigenvalue weighted by Gasteiger charge is -2.09. The average Bonchev–Trinajstić information content (AvgIpc) is 3.04. The van der Waals surface area contributed by atoms with Crippen LogP contribution < -0.4 is 16.2 Å². The number of aliphatic hydroxyl groups is 1. The number of aromatic nitrogens is 4. The van der Waals surface area contributed by atoms with E-state index in [2.05, 4.69) is 19.9 Å². The van der Waals surface area contributed by atoms with E-state index in [-0.39, 0.29) is 43.3 Å². The summed E-state index contributed by atoms with van der Waals surface area (Å²) in [6.45, 7) is 0.295. The summed E-state index contributed by atoms with van der Waals surface area (Å²) >= 11 is 0. The van der Waals surface area contributed by atoms with Crippen molar-refractivity contribution >= 4 is 44.8 Å². The van der Waals surface area contributed by atoms with Gasteiger partial charge in [-0.15, -0.1) is 0 Å². The van der Waals surface area contributed by atoms with E-state index in [1.54, 1.807) is 73.2 Å². The molecule has 0 radical (unpaired) electrons. The Morgan fingerprint density at radius 3 is 1.76 bits per heavy atom. The summed E-state index contributed by atoms with van der Waals surface area (Å²) in [4.78, 5) is 36.5. The maximum absolute atomic E-state index is 11.1. The van der Waals surface area contributed by atoms with Gasteiger partial charge in [0.15, 0.2) is 0 Å². The monoisotopic (exact) mass is 626 g/mol. The molecule has 0 aliphatic carbocycles. The smallest absolute Gasteiger partial charge is 0.279 e. The van der Waals surface area contributed by atoms with Crippen molar-refractivity contribution < 1.29 is 24.8 Å². The largest absolute Gasteiger partial charge is 0.506 e. The Hall–Kier alpha value is -6.48. The van der Waals surface area contributed by atoms with E-state index in [1.807, 2.05) is 0 Å². The minimum Gasteiger partial charge on any atom is -0.506 e. The van der Waals surface area contributed by atoms with Gasteiger partial charge in [0.1, 0.15) is 40.8 Å². The van der Waals surface area contributed by atoms with Crippen LogP contribution in [-0.4, -0.2) is 40.0 Å². The summed E-state index contributed by atoms with van der Waals surface area (Å²) in [6, 6.07) is 18.8. The molecule has 6 aromatic rings. The van der Waals surface area contributed by atoms with Crippen molar-refractivity contribution in [3.8, 4) is 11.5 Å². The zero-order chi connectivity index (χ0) is 32.3. The first kappa shape index (κ1) is 34.0. The summed E-state index contributed by atoms with van der Waals surface area (Å²) in [5.74, 6) is 1.29. The Morgan fingerprint density at radius 2 is 1.22 bits per heavy atom. The third kappa shape index (κ3) is 8.55. The zero-order valence-electron chi connectivity index (χ0n) is 23.4. The number of fused-ring (bicyclic) bond motifs is 2. The lowest BCUT2D eigenvalue weighted by Crippen LogP contribution is -2.00. The fourth-order valence-corrected chi connectivity index (χ4v) is 4.05. The number of ether oxygens (including phenoxy) is 1. The first-order valence-corrected chi connectivity index (χ1v) is 13.1. The molecule has 6 rings (SSSR count). The molecular formula is C31H30N8O7. The van der Waals surface area contributed by atoms with Gasteiger partial charge in [-0.1, -0.05) is 7.43 Å². The molecule has 6 N–H and O–H groups in total. The number of nitrogens with two attached hydrogens (primary N) is 2. The SMILES string of the molecule is C.Nc1cc(CO)ccn1.Nc1cc(COc2ccc([N+](=O)[O-])c3cccnc23)ccn1.O=[N+]([O-])c1ccc(O)c2ncccc12. The second kappa shape index (κ2) is 15.8. The van der Waals surface area contributed by atoms with Crippen LogP contribution in [0.2, 0.25) is 0 Å². The standard InChI is InChI=1S/C15H12N4O3.C9H6N2O3.C6H8N2O.CH4/c16-14-8-10(5-7-17-14)9-22-13-4-3-12(19(20)21)11-2-1-6-18-15(11)13;12-8-4-3-7(11(13)14)6-2-1-5-10-9(6)8;7-6-3-5(4-9)1-2-8-6;/h1-8H,9H2,(H2,16,17);1-5,12H;1-3,9H,4H2,(H2,7,8);1H4. The summed E-state index contributed by atoms with van der Waals surface area (Å²) < 4.78 is 5.73. The fraction of sp³-hybridized carbons (Fsp3) is 0.0968. The quantitative estimate of drug-likeness (QED) is 0.135. The highest BCUT2D eigenvalue weighted by atomic mass is 16.6. The van der Waals surface area contributed by atoms with Crippen LogP contribution in [0.1, 0.15) is 18.6 Å². The van der Waals surface area contributed by atoms with Crippen LogP contribution >= 0.6 is 0 Å². The molecule has 0 saturated carbocycles. The zero-order valence-corrected chi connectivity index (χ0v) is 23.4. The maximum Gasteiger partial charge on any atom is 0.279 e. The summed E-state index contributed by atoms with van der Waals surface area (Å²) in [7, 11) is 0. The number of benzene rings is 2. The molecule has 0 bridgehead atoms. The van der Waals surface area contributed by atoms with Gasteiger partial charge in [-0.2, -0.15) is 0 Å². The highest BCUT2D eigenvalue weighted by molar-refractivity contribution is 5.92. The minimum atomic E-state index is -0.497. The van der Waals surface area contributed by atoms with E-state index in [0.29, 0.717) is 33.7 Å². The lowest BCUT2D eigenvalue weighted by molar-refractivity contribution is -0.383. The molecule has 15 heteroatoms. The number of nitro benzene ring substituents is 2. The number of nitrogen functional groups attached to an aromatic ring is 2. The Balaban J connectivity index is 0.000000205. The second-order valence-corrected chi connectivity index (χ2v) is 9.12. The number of phenolic OH excluding ortho intramolecular Hbond substituents is 1. The predicted molar refractivity (Wildman–Crippen MR) is 173 cm³/mol. The summed E-state index contributed by atoms with van der Waals surface area (Å²) in [5, 5.41) is 40.4. The molecule has 0 saturated heterocycles. The average molecular weight is 627 g/mol. The number of phenols is 1. The van der Waals surface area contributed by atoms with Gasteiger partial charge in [-0.25, -0.2) is 9.97 Å². The molecule has 0 aliphatic rings. The first-order chi connectivity index (χ1) is 21.7. The third-order valence-electron chi connectivity index (χ3n) is 6.10. The molecule has 0 amide bonds. The Kier molecular flexibility index (Phi) is 11.7. The molecule has 4 aromatic heterocycles. The van der Waals surface area contributed by atoms with Crippen molar-refractivity contribution in [2.24, 2.45) is 0 Å². The van der Waals surface area contributed by atoms with Gasteiger partial charge >= 0.3 is 0 Å². The molecule has 0 spiro atoms. The van der Waals surface area contributed by atoms with Gasteiger partial charge in [0, 0.05) is 36.9 Å². The van der Waals surface area contributed by atoms with Crippen molar-refractivity contribution in [2.75, 3.05) is 11.5 Å². The highest BCUT2D eigenvalue weighted by Crippen LogP contribution is 2.32. The number of anilines is 2. The van der Waals surface area contributed by atoms with Crippen molar-refractivity contribution in [1.29, 1.82) is 0 Å². The van der Waals surface area contributed by atoms with Crippen LogP contribution in [0.15, 0.2) is 97.6 Å². The van der Waals surface area contributed by atoms with Gasteiger partial charge in [0.2, 0.25) is 0 Å². The molecule has 4 heterocycles. The van der Waals surface area contributed by atoms with E-state index in [1.165, 1.54) is 24.4 Å². The molecule has 0 unspecified atom stereocenters. The van der Waals surface area contributed by atoms with Gasteiger partial charge < -0.3 is 26.4 Å². The number of nitrogens with zero attached hydrogens (tertiary/aromatic N) is 6. The van der Waals surface area contributed by atoms with Crippen LogP contribution in [0.25, 0.3) is 21.8 Å². The Morgan fingerprint density at radius 1 is 0.696 bits per heavy atom. The molecule has 2 aromatic carbocycles. The van der Waals surface area contributed by atoms with E-state index in [4.69, 9.17) is 21.3 Å². The molecule has 0 fully saturated rings. The fourth-order valence-electron chi connectivity index (χ4n) is 4.05. The normalized spacial score (nSPS) is 10.0. The number of hydrogen-bond donors (Lipinski definition) is 4. The minimum absolute atomic E-state index is 0. The van der Waals surface area contributed by atoms with Crippen LogP contribution in [0.5, 0.6) is 11.5 Å². The summed E-state index contributed by atoms with van der Waals surface area (Å²) in [5.41, 5.74) is 13.2. The molecule has 15 nitrogen and oxygen atoms in total. The van der Waals surface area contributed by atoms with Gasteiger partial charge in [-0.3, -0.25) is 30.2 Å². The second-order valence-electron chi connectivity index (χ2n) is 9.12. The van der Waals surface area contributed by atoms with Crippen molar-refractivity contribution in [3.63, 3.8) is 0 Å². The van der Waals surface area contributed by atoms with Crippen molar-refractivity contribution in [1.82, 2.24) is 19.9 Å². The predicted octanol–water partition coefficient (Wildman–Crippen LogP) is 5.34. The number of hydrogen-bond acceptors (Lipinski definition) is 13. The van der Waals surface area contributed by atoms with Crippen molar-refractivity contribution in [3.05, 3.63) is 129 Å². The number of pyridine rings is 4. The van der Waals surface area contributed by atoms with Crippen LogP contribution in [0, 0.1) is 20.2 Å². The van der Waals surface area contributed by atoms with E-state index < -0.39 is 9.85 Å². The number of aliphatic hydroxyl groups excluding tert-OH is 1. The van der Waals surface area contributed by atoms with Crippen LogP contribution in [0.4, 0.5) is 23.0 Å². The lowest BCUT2D eigenvalue weighted by atomic mass is 10.1. The molecule has 0 atom stereocenters. The number of rotatable bonds is 6. The van der Waals surface area contributed by atoms with E-state index >= 15 is 0 Å². The van der Waals surface area contributed by atoms with Crippen LogP contribution in [0.3, 0.4) is 0 Å². The molecule has 0 aliphatic heterocycles. The Bertz CT molecular complexity index is 1970. The number of nitro groups is 2. The maximum atomic E-state index is 11.1. The molecular weight excluding hydrogens is 596 g/mol. The van der Waals surface area contributed by atoms with Gasteiger partial charge in [0.25, 0.3) is 11.4 Å². The molecule has 236 valence electrons. The van der Waals surface area contributed by atoms with Crippen LogP contribution in [-0.2, 0) is 13.2 Å². The third-order valence-corrected chi connectivity index (χ3v) is 6.10. The van der Waals surface area contributed by atoms with Gasteiger partial charge in [-0.05, 0) is 71.8 Å². The number of aromatic hydroxyl groups is 1. The number of non-ortho nitro benzene ring substituents is 2. The van der Waals surface area contributed by atoms with Crippen molar-refractivity contribution in [2.45, 2.75) is 20.6 Å². The highest BCUT2D eigenvalue weighted by Gasteiger charge is 2.16. The van der Waals surface area contributed by atoms with E-state index in [9.17, 15) is 25.3 Å². The van der Waals surface area contributed by atoms with Gasteiger partial charge in [0.05, 0.1) is 27.2 Å². The molecule has 46 heavy (non-hydrogen) atoms. The van der Waals surface area contributed by atoms with E-state index in [0.717, 1.165) is 11.1 Å². The first-order valence-electron chi connectivity index (χ1n) is 13.1. The topological polar surface area (TPSA) is 240 Å². The Labute approximate surface area is 262 Å².